The van der Waals surface area contributed by atoms with E-state index in [4.69, 9.17) is 4.74 Å². The average Bonchev–Trinajstić information content (AvgIpc) is 3.10. The van der Waals surface area contributed by atoms with Crippen LogP contribution in [0.4, 0.5) is 0 Å². The lowest BCUT2D eigenvalue weighted by molar-refractivity contribution is -0.140. The third kappa shape index (κ3) is 5.04. The number of carbonyl (C=O) groups is 2. The van der Waals surface area contributed by atoms with Crippen molar-refractivity contribution in [3.8, 4) is 11.5 Å². The Hall–Kier alpha value is -4.13. The van der Waals surface area contributed by atoms with Crippen molar-refractivity contribution in [3.63, 3.8) is 0 Å². The highest BCUT2D eigenvalue weighted by molar-refractivity contribution is 6.46. The van der Waals surface area contributed by atoms with Crippen molar-refractivity contribution in [2.75, 3.05) is 6.61 Å². The molecule has 7 heteroatoms. The van der Waals surface area contributed by atoms with Gasteiger partial charge in [0, 0.05) is 24.5 Å². The molecule has 0 saturated carbocycles. The first-order valence-corrected chi connectivity index (χ1v) is 11.6. The maximum Gasteiger partial charge on any atom is 0.295 e. The normalized spacial score (nSPS) is 17.1. The van der Waals surface area contributed by atoms with Crippen molar-refractivity contribution in [3.05, 3.63) is 94.8 Å². The summed E-state index contributed by atoms with van der Waals surface area (Å²) in [6.07, 6.45) is 5.23. The minimum absolute atomic E-state index is 0.00679. The maximum atomic E-state index is 13.2. The monoisotopic (exact) mass is 472 g/mol. The summed E-state index contributed by atoms with van der Waals surface area (Å²) in [6.45, 7) is 4.65. The highest BCUT2D eigenvalue weighted by Crippen LogP contribution is 2.41. The highest BCUT2D eigenvalue weighted by atomic mass is 16.5. The molecule has 1 aliphatic heterocycles. The van der Waals surface area contributed by atoms with Crippen molar-refractivity contribution in [2.24, 2.45) is 0 Å². The summed E-state index contributed by atoms with van der Waals surface area (Å²) < 4.78 is 5.75. The lowest BCUT2D eigenvalue weighted by Crippen LogP contribution is -2.29. The Balaban J connectivity index is 1.78. The van der Waals surface area contributed by atoms with Gasteiger partial charge in [0.15, 0.2) is 0 Å². The molecule has 2 aromatic carbocycles. The number of aliphatic hydroxyl groups excluding tert-OH is 1. The molecule has 1 aliphatic rings. The van der Waals surface area contributed by atoms with E-state index in [-0.39, 0.29) is 23.6 Å². The molecule has 3 aromatic rings. The number of Topliss-reactive ketones (excluding diaryl/α,β-unsaturated/α-hetero) is 1. The zero-order valence-electron chi connectivity index (χ0n) is 19.8. The van der Waals surface area contributed by atoms with Crippen LogP contribution in [0.2, 0.25) is 0 Å². The van der Waals surface area contributed by atoms with Gasteiger partial charge in [0.25, 0.3) is 11.7 Å². The van der Waals surface area contributed by atoms with Crippen LogP contribution >= 0.6 is 0 Å². The average molecular weight is 473 g/mol. The highest BCUT2D eigenvalue weighted by Gasteiger charge is 2.46. The summed E-state index contributed by atoms with van der Waals surface area (Å²) in [5, 5.41) is 21.1. The number of carbonyl (C=O) groups excluding carboxylic acids is 2. The number of aromatic hydroxyl groups is 1. The topological polar surface area (TPSA) is 100.0 Å². The summed E-state index contributed by atoms with van der Waals surface area (Å²) in [7, 11) is 0. The van der Waals surface area contributed by atoms with Gasteiger partial charge in [-0.3, -0.25) is 14.6 Å². The number of pyridine rings is 1. The number of aryl methyl sites for hydroxylation is 1. The molecule has 1 amide bonds. The van der Waals surface area contributed by atoms with Crippen LogP contribution in [0.5, 0.6) is 11.5 Å². The van der Waals surface area contributed by atoms with E-state index in [1.165, 1.54) is 17.0 Å². The van der Waals surface area contributed by atoms with E-state index >= 15 is 0 Å². The first-order valence-electron chi connectivity index (χ1n) is 11.6. The number of benzene rings is 2. The molecule has 2 heterocycles. The van der Waals surface area contributed by atoms with Gasteiger partial charge in [-0.25, -0.2) is 0 Å². The zero-order valence-corrected chi connectivity index (χ0v) is 19.8. The van der Waals surface area contributed by atoms with Crippen LogP contribution in [0.1, 0.15) is 48.1 Å². The quantitative estimate of drug-likeness (QED) is 0.209. The fourth-order valence-electron chi connectivity index (χ4n) is 4.21. The Labute approximate surface area is 204 Å². The summed E-state index contributed by atoms with van der Waals surface area (Å²) in [4.78, 5) is 31.9. The van der Waals surface area contributed by atoms with E-state index in [1.54, 1.807) is 42.7 Å². The van der Waals surface area contributed by atoms with Crippen molar-refractivity contribution in [2.45, 2.75) is 39.3 Å². The van der Waals surface area contributed by atoms with Crippen LogP contribution in [0, 0.1) is 6.92 Å². The first-order chi connectivity index (χ1) is 16.9. The number of phenols is 1. The minimum atomic E-state index is -0.823. The van der Waals surface area contributed by atoms with Crippen molar-refractivity contribution < 1.29 is 24.5 Å². The second-order valence-electron chi connectivity index (χ2n) is 8.56. The number of hydrogen-bond acceptors (Lipinski definition) is 6. The predicted octanol–water partition coefficient (Wildman–Crippen LogP) is 4.90. The molecule has 0 unspecified atom stereocenters. The standard InChI is InChI=1S/C28H28N2O5/c1-3-4-14-35-22-11-12-23(18(2)15-22)26(32)24-25(20-7-9-21(31)10-8-20)30(28(34)27(24)33)17-19-6-5-13-29-16-19/h5-13,15-16,25,31-32H,3-4,14,17H2,1-2H3/b26-24+/t25-/m1/s1. The number of amides is 1. The summed E-state index contributed by atoms with van der Waals surface area (Å²) in [5.74, 6) is -0.961. The third-order valence-electron chi connectivity index (χ3n) is 6.04. The Morgan fingerprint density at radius 3 is 2.54 bits per heavy atom. The van der Waals surface area contributed by atoms with Gasteiger partial charge in [0.1, 0.15) is 17.3 Å². The van der Waals surface area contributed by atoms with E-state index in [2.05, 4.69) is 11.9 Å². The molecule has 1 aromatic heterocycles. The molecular formula is C28H28N2O5. The molecule has 180 valence electrons. The first kappa shape index (κ1) is 24.0. The van der Waals surface area contributed by atoms with E-state index in [9.17, 15) is 19.8 Å². The van der Waals surface area contributed by atoms with Crippen molar-refractivity contribution in [1.29, 1.82) is 0 Å². The van der Waals surface area contributed by atoms with Crippen LogP contribution in [0.15, 0.2) is 72.6 Å². The minimum Gasteiger partial charge on any atom is -0.508 e. The number of likely N-dealkylation sites (tertiary alicyclic amines) is 1. The number of unbranched alkanes of at least 4 members (excludes halogenated alkanes) is 1. The van der Waals surface area contributed by atoms with E-state index in [1.807, 2.05) is 19.1 Å². The Morgan fingerprint density at radius 1 is 1.11 bits per heavy atom. The van der Waals surface area contributed by atoms with Gasteiger partial charge in [-0.2, -0.15) is 0 Å². The molecule has 0 aliphatic carbocycles. The van der Waals surface area contributed by atoms with E-state index < -0.39 is 17.7 Å². The maximum absolute atomic E-state index is 13.2. The number of rotatable bonds is 8. The van der Waals surface area contributed by atoms with Gasteiger partial charge in [-0.15, -0.1) is 0 Å². The molecule has 35 heavy (non-hydrogen) atoms. The van der Waals surface area contributed by atoms with Crippen molar-refractivity contribution in [1.82, 2.24) is 9.88 Å². The molecule has 1 fully saturated rings. The lowest BCUT2D eigenvalue weighted by atomic mass is 9.93. The summed E-state index contributed by atoms with van der Waals surface area (Å²) >= 11 is 0. The molecule has 1 saturated heterocycles. The fourth-order valence-corrected chi connectivity index (χ4v) is 4.21. The van der Waals surface area contributed by atoms with Gasteiger partial charge in [-0.1, -0.05) is 31.5 Å². The zero-order chi connectivity index (χ0) is 24.9. The molecule has 7 nitrogen and oxygen atoms in total. The van der Waals surface area contributed by atoms with Crippen LogP contribution in [0.25, 0.3) is 5.76 Å². The number of ketones is 1. The Bertz CT molecular complexity index is 1250. The summed E-state index contributed by atoms with van der Waals surface area (Å²) in [5.41, 5.74) is 2.54. The summed E-state index contributed by atoms with van der Waals surface area (Å²) in [6, 6.07) is 14.3. The lowest BCUT2D eigenvalue weighted by Gasteiger charge is -2.25. The van der Waals surface area contributed by atoms with Gasteiger partial charge in [-0.05, 0) is 66.4 Å². The van der Waals surface area contributed by atoms with E-state index in [0.29, 0.717) is 23.5 Å². The van der Waals surface area contributed by atoms with Crippen LogP contribution < -0.4 is 4.74 Å². The van der Waals surface area contributed by atoms with Crippen LogP contribution in [0.3, 0.4) is 0 Å². The number of aliphatic hydroxyl groups is 1. The number of hydrogen-bond donors (Lipinski definition) is 2. The van der Waals surface area contributed by atoms with E-state index in [0.717, 1.165) is 24.0 Å². The second kappa shape index (κ2) is 10.4. The van der Waals surface area contributed by atoms with Crippen molar-refractivity contribution >= 4 is 17.4 Å². The number of phenolic OH excluding ortho intramolecular Hbond substituents is 1. The molecule has 0 bridgehead atoms. The Morgan fingerprint density at radius 2 is 1.89 bits per heavy atom. The van der Waals surface area contributed by atoms with Gasteiger partial charge in [0.2, 0.25) is 0 Å². The number of ether oxygens (including phenoxy) is 1. The van der Waals surface area contributed by atoms with Gasteiger partial charge >= 0.3 is 0 Å². The molecule has 1 atom stereocenters. The van der Waals surface area contributed by atoms with Gasteiger partial charge in [0.05, 0.1) is 18.2 Å². The van der Waals surface area contributed by atoms with Crippen LogP contribution in [-0.2, 0) is 16.1 Å². The number of nitrogens with zero attached hydrogens (tertiary/aromatic N) is 2. The smallest absolute Gasteiger partial charge is 0.295 e. The van der Waals surface area contributed by atoms with Crippen LogP contribution in [-0.4, -0.2) is 38.4 Å². The number of aromatic nitrogens is 1. The molecule has 0 spiro atoms. The molecule has 4 rings (SSSR count). The molecule has 0 radical (unpaired) electrons. The SMILES string of the molecule is CCCCOc1ccc(/C(O)=C2\C(=O)C(=O)N(Cc3cccnc3)[C@@H]2c2ccc(O)cc2)c(C)c1. The second-order valence-corrected chi connectivity index (χ2v) is 8.56. The fraction of sp³-hybridized carbons (Fsp3) is 0.250. The Kier molecular flexibility index (Phi) is 7.15. The third-order valence-corrected chi connectivity index (χ3v) is 6.04. The molecule has 2 N–H and O–H groups in total. The molecular weight excluding hydrogens is 444 g/mol. The largest absolute Gasteiger partial charge is 0.508 e. The predicted molar refractivity (Wildman–Crippen MR) is 132 cm³/mol. The van der Waals surface area contributed by atoms with Gasteiger partial charge < -0.3 is 19.8 Å².